The van der Waals surface area contributed by atoms with Gasteiger partial charge in [-0.2, -0.15) is 10.5 Å². The highest BCUT2D eigenvalue weighted by Gasteiger charge is 2.27. The third-order valence-corrected chi connectivity index (χ3v) is 6.81. The molecular formula is C26H34ClN5O2S. The van der Waals surface area contributed by atoms with E-state index in [0.29, 0.717) is 29.5 Å². The van der Waals surface area contributed by atoms with Crippen molar-refractivity contribution in [3.8, 4) is 23.6 Å². The molecular weight excluding hydrogens is 482 g/mol. The van der Waals surface area contributed by atoms with Crippen LogP contribution in [0.2, 0.25) is 5.02 Å². The van der Waals surface area contributed by atoms with Crippen LogP contribution in [0.1, 0.15) is 36.8 Å². The van der Waals surface area contributed by atoms with E-state index < -0.39 is 0 Å². The van der Waals surface area contributed by atoms with E-state index in [4.69, 9.17) is 26.8 Å². The van der Waals surface area contributed by atoms with Crippen molar-refractivity contribution in [3.63, 3.8) is 0 Å². The average molecular weight is 516 g/mol. The number of nitrogen functional groups attached to an aromatic ring is 1. The van der Waals surface area contributed by atoms with E-state index in [-0.39, 0.29) is 21.9 Å². The van der Waals surface area contributed by atoms with Gasteiger partial charge in [-0.25, -0.2) is 0 Å². The first-order valence-electron chi connectivity index (χ1n) is 11.6. The number of benzene rings is 2. The van der Waals surface area contributed by atoms with Crippen molar-refractivity contribution in [1.29, 1.82) is 10.5 Å². The van der Waals surface area contributed by atoms with Gasteiger partial charge in [0.25, 0.3) is 0 Å². The van der Waals surface area contributed by atoms with Crippen molar-refractivity contribution in [1.82, 2.24) is 9.80 Å². The fraction of sp³-hybridized carbons (Fsp3) is 0.462. The van der Waals surface area contributed by atoms with Gasteiger partial charge in [0.2, 0.25) is 0 Å². The van der Waals surface area contributed by atoms with E-state index in [2.05, 4.69) is 21.9 Å². The van der Waals surface area contributed by atoms with Crippen LogP contribution in [0.25, 0.3) is 0 Å². The van der Waals surface area contributed by atoms with Gasteiger partial charge in [0.05, 0.1) is 18.1 Å². The number of rotatable bonds is 14. The molecule has 0 saturated heterocycles. The Balaban J connectivity index is 2.43. The lowest BCUT2D eigenvalue weighted by Crippen LogP contribution is -2.14. The number of hydrogen-bond donors (Lipinski definition) is 1. The van der Waals surface area contributed by atoms with Crippen LogP contribution in [0.5, 0.6) is 11.5 Å². The molecule has 0 amide bonds. The van der Waals surface area contributed by atoms with Gasteiger partial charge in [-0.15, -0.1) is 0 Å². The predicted molar refractivity (Wildman–Crippen MR) is 142 cm³/mol. The van der Waals surface area contributed by atoms with E-state index in [0.717, 1.165) is 43.7 Å². The molecule has 0 aliphatic carbocycles. The number of nitrogens with zero attached hydrogens (tertiary/aromatic N) is 4. The predicted octanol–water partition coefficient (Wildman–Crippen LogP) is 5.26. The molecule has 0 aliphatic rings. The summed E-state index contributed by atoms with van der Waals surface area (Å²) in [6.45, 7) is 2.64. The average Bonchev–Trinajstić information content (AvgIpc) is 2.82. The highest BCUT2D eigenvalue weighted by Crippen LogP contribution is 2.49. The van der Waals surface area contributed by atoms with E-state index in [9.17, 15) is 10.5 Å². The van der Waals surface area contributed by atoms with Crippen LogP contribution in [0, 0.1) is 22.7 Å². The fourth-order valence-electron chi connectivity index (χ4n) is 3.32. The van der Waals surface area contributed by atoms with Gasteiger partial charge >= 0.3 is 0 Å². The maximum Gasteiger partial charge on any atom is 0.158 e. The Hall–Kier alpha value is -2.62. The van der Waals surface area contributed by atoms with Gasteiger partial charge in [-0.3, -0.25) is 0 Å². The summed E-state index contributed by atoms with van der Waals surface area (Å²) in [5.74, 6) is 0.514. The maximum atomic E-state index is 10.0. The summed E-state index contributed by atoms with van der Waals surface area (Å²) in [6, 6.07) is 11.7. The van der Waals surface area contributed by atoms with Gasteiger partial charge < -0.3 is 25.0 Å². The fourth-order valence-corrected chi connectivity index (χ4v) is 4.66. The normalized spacial score (nSPS) is 10.9. The largest absolute Gasteiger partial charge is 0.491 e. The van der Waals surface area contributed by atoms with Crippen molar-refractivity contribution in [2.24, 2.45) is 0 Å². The van der Waals surface area contributed by atoms with Gasteiger partial charge in [0.15, 0.2) is 11.5 Å². The molecule has 7 nitrogen and oxygen atoms in total. The summed E-state index contributed by atoms with van der Waals surface area (Å²) in [4.78, 5) is 5.51. The Morgan fingerprint density at radius 3 is 1.89 bits per heavy atom. The van der Waals surface area contributed by atoms with Crippen LogP contribution < -0.4 is 15.2 Å². The third-order valence-electron chi connectivity index (χ3n) is 5.16. The molecule has 0 atom stereocenters. The number of ether oxygens (including phenoxy) is 2. The maximum absolute atomic E-state index is 10.0. The van der Waals surface area contributed by atoms with E-state index in [1.807, 2.05) is 46.4 Å². The molecule has 0 heterocycles. The van der Waals surface area contributed by atoms with Crippen molar-refractivity contribution in [3.05, 3.63) is 40.4 Å². The zero-order valence-corrected chi connectivity index (χ0v) is 22.5. The SMILES string of the molecule is CN(C)CCCCOc1c(Cl)c(Sc2ccccc2N)c(OCCCCN(C)C)c(C#N)c1C#N. The number of nitrogens with two attached hydrogens (primary N) is 1. The van der Waals surface area contributed by atoms with Crippen molar-refractivity contribution < 1.29 is 9.47 Å². The molecule has 0 saturated carbocycles. The summed E-state index contributed by atoms with van der Waals surface area (Å²) in [7, 11) is 8.07. The van der Waals surface area contributed by atoms with Gasteiger partial charge in [-0.1, -0.05) is 35.5 Å². The van der Waals surface area contributed by atoms with Crippen LogP contribution in [0.15, 0.2) is 34.1 Å². The number of hydrogen-bond acceptors (Lipinski definition) is 8. The lowest BCUT2D eigenvalue weighted by molar-refractivity contribution is 0.280. The first kappa shape index (κ1) is 28.6. The van der Waals surface area contributed by atoms with Crippen molar-refractivity contribution in [2.45, 2.75) is 35.5 Å². The van der Waals surface area contributed by atoms with E-state index in [1.54, 1.807) is 6.07 Å². The second kappa shape index (κ2) is 14.7. The monoisotopic (exact) mass is 515 g/mol. The molecule has 0 spiro atoms. The van der Waals surface area contributed by atoms with Gasteiger partial charge in [0, 0.05) is 10.6 Å². The minimum absolute atomic E-state index is 0.0961. The second-order valence-corrected chi connectivity index (χ2v) is 10.1. The molecule has 0 unspecified atom stereocenters. The first-order chi connectivity index (χ1) is 16.8. The summed E-state index contributed by atoms with van der Waals surface area (Å²) >= 11 is 8.14. The van der Waals surface area contributed by atoms with Crippen molar-refractivity contribution in [2.75, 3.05) is 60.2 Å². The standard InChI is InChI=1S/C26H34ClN5O2S/c1-31(2)13-7-9-15-33-24-19(17-28)20(18-29)25(34-16-10-8-14-32(3)4)26(23(24)27)35-22-12-6-5-11-21(22)30/h5-6,11-12H,7-10,13-16,30H2,1-4H3. The minimum atomic E-state index is 0.0961. The summed E-state index contributed by atoms with van der Waals surface area (Å²) in [5, 5.41) is 20.2. The Morgan fingerprint density at radius 1 is 0.857 bits per heavy atom. The molecule has 2 aromatic rings. The first-order valence-corrected chi connectivity index (χ1v) is 12.8. The molecule has 9 heteroatoms. The molecule has 2 N–H and O–H groups in total. The van der Waals surface area contributed by atoms with Gasteiger partial charge in [0.1, 0.15) is 28.3 Å². The molecule has 0 radical (unpaired) electrons. The molecule has 35 heavy (non-hydrogen) atoms. The lowest BCUT2D eigenvalue weighted by Gasteiger charge is -2.20. The highest BCUT2D eigenvalue weighted by molar-refractivity contribution is 7.99. The summed E-state index contributed by atoms with van der Waals surface area (Å²) in [6.07, 6.45) is 3.47. The Morgan fingerprint density at radius 2 is 1.37 bits per heavy atom. The molecule has 0 bridgehead atoms. The lowest BCUT2D eigenvalue weighted by atomic mass is 10.1. The third kappa shape index (κ3) is 8.52. The van der Waals surface area contributed by atoms with Crippen molar-refractivity contribution >= 4 is 29.1 Å². The highest BCUT2D eigenvalue weighted by atomic mass is 35.5. The number of halogens is 1. The van der Waals surface area contributed by atoms with Crippen LogP contribution in [0.4, 0.5) is 5.69 Å². The second-order valence-electron chi connectivity index (χ2n) is 8.63. The van der Waals surface area contributed by atoms with E-state index in [1.165, 1.54) is 11.8 Å². The molecule has 0 fully saturated rings. The molecule has 2 aromatic carbocycles. The van der Waals surface area contributed by atoms with Crippen LogP contribution in [0.3, 0.4) is 0 Å². The van der Waals surface area contributed by atoms with Crippen LogP contribution >= 0.6 is 23.4 Å². The molecule has 188 valence electrons. The molecule has 0 aliphatic heterocycles. The number of nitriles is 2. The quantitative estimate of drug-likeness (QED) is 0.269. The number of anilines is 1. The summed E-state index contributed by atoms with van der Waals surface area (Å²) < 4.78 is 12.1. The molecule has 2 rings (SSSR count). The van der Waals surface area contributed by atoms with Gasteiger partial charge in [-0.05, 0) is 79.1 Å². The smallest absolute Gasteiger partial charge is 0.158 e. The zero-order chi connectivity index (χ0) is 25.8. The molecule has 0 aromatic heterocycles. The Labute approximate surface area is 218 Å². The summed E-state index contributed by atoms with van der Waals surface area (Å²) in [5.41, 5.74) is 6.99. The Kier molecular flexibility index (Phi) is 12.0. The number of unbranched alkanes of at least 4 members (excludes halogenated alkanes) is 2. The topological polar surface area (TPSA) is 98.5 Å². The Bertz CT molecular complexity index is 1060. The van der Waals surface area contributed by atoms with E-state index >= 15 is 0 Å². The number of para-hydroxylation sites is 1. The van der Waals surface area contributed by atoms with Crippen LogP contribution in [-0.2, 0) is 0 Å². The van der Waals surface area contributed by atoms with Crippen LogP contribution in [-0.4, -0.2) is 64.3 Å². The minimum Gasteiger partial charge on any atom is -0.491 e. The zero-order valence-electron chi connectivity index (χ0n) is 20.9.